The van der Waals surface area contributed by atoms with Gasteiger partial charge in [0.15, 0.2) is 5.16 Å². The fourth-order valence-corrected chi connectivity index (χ4v) is 6.00. The van der Waals surface area contributed by atoms with Crippen LogP contribution in [0.25, 0.3) is 10.2 Å². The van der Waals surface area contributed by atoms with Gasteiger partial charge in [0.25, 0.3) is 5.56 Å². The number of aromatic nitrogens is 2. The second-order valence-electron chi connectivity index (χ2n) is 7.66. The topological polar surface area (TPSA) is 70.4 Å². The van der Waals surface area contributed by atoms with Crippen LogP contribution in [0.3, 0.4) is 0 Å². The highest BCUT2D eigenvalue weighted by atomic mass is 32.2. The largest absolute Gasteiger partial charge is 0.462 e. The van der Waals surface area contributed by atoms with E-state index < -0.39 is 0 Å². The van der Waals surface area contributed by atoms with Gasteiger partial charge in [-0.3, -0.25) is 14.2 Å². The van der Waals surface area contributed by atoms with Crippen LogP contribution in [0.15, 0.2) is 9.95 Å². The highest BCUT2D eigenvalue weighted by Gasteiger charge is 2.25. The first-order valence-electron chi connectivity index (χ1n) is 10.0. The molecule has 152 valence electrons. The van der Waals surface area contributed by atoms with E-state index in [4.69, 9.17) is 14.5 Å². The number of rotatable bonds is 6. The zero-order chi connectivity index (χ0) is 19.7. The number of esters is 1. The Balaban J connectivity index is 1.70. The van der Waals surface area contributed by atoms with Gasteiger partial charge in [0, 0.05) is 11.5 Å². The van der Waals surface area contributed by atoms with E-state index in [9.17, 15) is 9.59 Å². The number of fused-ring (bicyclic) bond motifs is 3. The highest BCUT2D eigenvalue weighted by Crippen LogP contribution is 2.35. The fraction of sp³-hybridized carbons (Fsp3) is 0.650. The summed E-state index contributed by atoms with van der Waals surface area (Å²) in [6.07, 6.45) is 6.14. The van der Waals surface area contributed by atoms with Crippen LogP contribution in [0, 0.1) is 0 Å². The Hall–Kier alpha value is -1.38. The predicted octanol–water partition coefficient (Wildman–Crippen LogP) is 3.56. The molecule has 2 aromatic heterocycles. The molecule has 1 fully saturated rings. The van der Waals surface area contributed by atoms with Crippen molar-refractivity contribution in [2.24, 2.45) is 0 Å². The molecule has 1 aliphatic heterocycles. The van der Waals surface area contributed by atoms with Gasteiger partial charge in [0.2, 0.25) is 0 Å². The van der Waals surface area contributed by atoms with Crippen molar-refractivity contribution >= 4 is 39.3 Å². The van der Waals surface area contributed by atoms with Crippen LogP contribution in [0.2, 0.25) is 0 Å². The van der Waals surface area contributed by atoms with Crippen molar-refractivity contribution < 1.29 is 14.3 Å². The zero-order valence-electron chi connectivity index (χ0n) is 16.4. The Kier molecular flexibility index (Phi) is 6.08. The first-order chi connectivity index (χ1) is 13.5. The summed E-state index contributed by atoms with van der Waals surface area (Å²) in [5.41, 5.74) is 1.21. The smallest absolute Gasteiger partial charge is 0.316 e. The normalized spacial score (nSPS) is 19.3. The van der Waals surface area contributed by atoms with Gasteiger partial charge in [0.1, 0.15) is 4.83 Å². The summed E-state index contributed by atoms with van der Waals surface area (Å²) in [6, 6.07) is 0. The SMILES string of the molecule is CC(C)OC(=O)CSc1nc2sc3c(c2c(=O)n1CC1CCCO1)CCCC3. The van der Waals surface area contributed by atoms with Crippen molar-refractivity contribution in [2.75, 3.05) is 12.4 Å². The molecule has 28 heavy (non-hydrogen) atoms. The quantitative estimate of drug-likeness (QED) is 0.403. The first-order valence-corrected chi connectivity index (χ1v) is 11.8. The van der Waals surface area contributed by atoms with Crippen molar-refractivity contribution in [3.8, 4) is 0 Å². The van der Waals surface area contributed by atoms with E-state index in [0.29, 0.717) is 11.7 Å². The minimum atomic E-state index is -0.288. The summed E-state index contributed by atoms with van der Waals surface area (Å²) >= 11 is 2.92. The lowest BCUT2D eigenvalue weighted by Crippen LogP contribution is -2.29. The zero-order valence-corrected chi connectivity index (χ0v) is 18.0. The lowest BCUT2D eigenvalue weighted by molar-refractivity contribution is -0.144. The molecule has 0 spiro atoms. The van der Waals surface area contributed by atoms with Crippen molar-refractivity contribution in [3.63, 3.8) is 0 Å². The average Bonchev–Trinajstić information content (AvgIpc) is 3.29. The van der Waals surface area contributed by atoms with Gasteiger partial charge in [-0.05, 0) is 57.9 Å². The molecule has 4 rings (SSSR count). The number of nitrogens with zero attached hydrogens (tertiary/aromatic N) is 2. The lowest BCUT2D eigenvalue weighted by atomic mass is 9.97. The molecule has 6 nitrogen and oxygen atoms in total. The third kappa shape index (κ3) is 4.14. The molecule has 1 aliphatic carbocycles. The van der Waals surface area contributed by atoms with E-state index in [1.54, 1.807) is 15.9 Å². The predicted molar refractivity (Wildman–Crippen MR) is 111 cm³/mol. The van der Waals surface area contributed by atoms with Crippen molar-refractivity contribution in [2.45, 2.75) is 76.3 Å². The minimum absolute atomic E-state index is 0.0135. The molecule has 2 aromatic rings. The Labute approximate surface area is 172 Å². The fourth-order valence-electron chi connectivity index (χ4n) is 3.90. The summed E-state index contributed by atoms with van der Waals surface area (Å²) < 4.78 is 12.7. The number of hydrogen-bond donors (Lipinski definition) is 0. The van der Waals surface area contributed by atoms with Gasteiger partial charge in [0.05, 0.1) is 29.9 Å². The Morgan fingerprint density at radius 2 is 2.18 bits per heavy atom. The van der Waals surface area contributed by atoms with Gasteiger partial charge in [-0.1, -0.05) is 11.8 Å². The van der Waals surface area contributed by atoms with Gasteiger partial charge in [-0.2, -0.15) is 0 Å². The second kappa shape index (κ2) is 8.55. The molecule has 0 amide bonds. The molecular weight excluding hydrogens is 396 g/mol. The number of carbonyl (C=O) groups is 1. The van der Waals surface area contributed by atoms with E-state index in [-0.39, 0.29) is 29.5 Å². The Morgan fingerprint density at radius 1 is 1.36 bits per heavy atom. The monoisotopic (exact) mass is 422 g/mol. The van der Waals surface area contributed by atoms with Crippen LogP contribution in [-0.4, -0.2) is 40.1 Å². The molecule has 1 saturated heterocycles. The molecule has 0 bridgehead atoms. The molecule has 1 unspecified atom stereocenters. The molecule has 2 aliphatic rings. The Bertz CT molecular complexity index is 928. The summed E-state index contributed by atoms with van der Waals surface area (Å²) in [5, 5.41) is 1.37. The highest BCUT2D eigenvalue weighted by molar-refractivity contribution is 7.99. The van der Waals surface area contributed by atoms with Gasteiger partial charge in [-0.15, -0.1) is 11.3 Å². The number of hydrogen-bond acceptors (Lipinski definition) is 7. The number of thiophene rings is 1. The van der Waals surface area contributed by atoms with E-state index in [1.807, 2.05) is 13.8 Å². The molecule has 0 radical (unpaired) electrons. The summed E-state index contributed by atoms with van der Waals surface area (Å²) in [6.45, 7) is 4.90. The Morgan fingerprint density at radius 3 is 2.93 bits per heavy atom. The van der Waals surface area contributed by atoms with E-state index in [0.717, 1.165) is 48.9 Å². The molecule has 0 saturated carbocycles. The van der Waals surface area contributed by atoms with E-state index >= 15 is 0 Å². The summed E-state index contributed by atoms with van der Waals surface area (Å²) in [5.74, 6) is -0.143. The summed E-state index contributed by atoms with van der Waals surface area (Å²) in [4.78, 5) is 32.4. The number of aryl methyl sites for hydroxylation is 2. The summed E-state index contributed by atoms with van der Waals surface area (Å²) in [7, 11) is 0. The van der Waals surface area contributed by atoms with Crippen LogP contribution < -0.4 is 5.56 Å². The lowest BCUT2D eigenvalue weighted by Gasteiger charge is -2.16. The number of ether oxygens (including phenoxy) is 2. The maximum absolute atomic E-state index is 13.4. The molecule has 0 N–H and O–H groups in total. The van der Waals surface area contributed by atoms with Crippen LogP contribution in [-0.2, 0) is 33.7 Å². The van der Waals surface area contributed by atoms with Gasteiger partial charge >= 0.3 is 5.97 Å². The first kappa shape index (κ1) is 19.9. The van der Waals surface area contributed by atoms with Crippen LogP contribution in [0.4, 0.5) is 0 Å². The number of thioether (sulfide) groups is 1. The van der Waals surface area contributed by atoms with Crippen LogP contribution >= 0.6 is 23.1 Å². The van der Waals surface area contributed by atoms with E-state index in [2.05, 4.69) is 0 Å². The van der Waals surface area contributed by atoms with Crippen LogP contribution in [0.5, 0.6) is 0 Å². The molecule has 1 atom stereocenters. The maximum atomic E-state index is 13.4. The minimum Gasteiger partial charge on any atom is -0.462 e. The molecular formula is C20H26N2O4S2. The maximum Gasteiger partial charge on any atom is 0.316 e. The van der Waals surface area contributed by atoms with E-state index in [1.165, 1.54) is 28.6 Å². The third-order valence-corrected chi connectivity index (χ3v) is 7.27. The standard InChI is InChI=1S/C20H26N2O4S2/c1-12(2)26-16(23)11-27-20-21-18-17(14-7-3-4-8-15(14)28-18)19(24)22(20)10-13-6-5-9-25-13/h12-13H,3-11H2,1-2H3. The van der Waals surface area contributed by atoms with Crippen molar-refractivity contribution in [1.82, 2.24) is 9.55 Å². The number of carbonyl (C=O) groups excluding carboxylic acids is 1. The van der Waals surface area contributed by atoms with Crippen molar-refractivity contribution in [1.29, 1.82) is 0 Å². The van der Waals surface area contributed by atoms with Crippen molar-refractivity contribution in [3.05, 3.63) is 20.8 Å². The molecule has 8 heteroatoms. The third-order valence-electron chi connectivity index (χ3n) is 5.14. The second-order valence-corrected chi connectivity index (χ2v) is 9.69. The van der Waals surface area contributed by atoms with Crippen LogP contribution in [0.1, 0.15) is 50.0 Å². The average molecular weight is 423 g/mol. The van der Waals surface area contributed by atoms with Gasteiger partial charge < -0.3 is 9.47 Å². The molecule has 0 aromatic carbocycles. The van der Waals surface area contributed by atoms with Gasteiger partial charge in [-0.25, -0.2) is 4.98 Å². The molecule has 3 heterocycles.